The molecule has 0 aromatic rings. The van der Waals surface area contributed by atoms with Crippen LogP contribution in [-0.4, -0.2) is 33.5 Å². The molecule has 0 radical (unpaired) electrons. The number of carbonyl (C=O) groups is 1. The molecule has 5 aliphatic rings. The van der Waals surface area contributed by atoms with E-state index in [2.05, 4.69) is 54.5 Å². The van der Waals surface area contributed by atoms with Crippen LogP contribution in [-0.2, 0) is 4.79 Å². The second-order valence-electron chi connectivity index (χ2n) is 14.6. The van der Waals surface area contributed by atoms with Crippen molar-refractivity contribution in [1.82, 2.24) is 0 Å². The van der Waals surface area contributed by atoms with Gasteiger partial charge in [-0.15, -0.1) is 0 Å². The third-order valence-corrected chi connectivity index (χ3v) is 13.4. The smallest absolute Gasteiger partial charge is 0.310 e. The Bertz CT molecular complexity index is 907. The van der Waals surface area contributed by atoms with Gasteiger partial charge in [0.1, 0.15) is 0 Å². The summed E-state index contributed by atoms with van der Waals surface area (Å²) in [7, 11) is 0. The molecule has 34 heavy (non-hydrogen) atoms. The second-order valence-corrected chi connectivity index (χ2v) is 14.6. The number of hydrogen-bond acceptors (Lipinski definition) is 3. The molecule has 11 atom stereocenters. The van der Waals surface area contributed by atoms with Gasteiger partial charge in [0, 0.05) is 0 Å². The minimum absolute atomic E-state index is 0.00993. The molecule has 3 N–H and O–H groups in total. The van der Waals surface area contributed by atoms with Gasteiger partial charge in [-0.05, 0) is 103 Å². The van der Waals surface area contributed by atoms with Crippen molar-refractivity contribution >= 4 is 5.97 Å². The van der Waals surface area contributed by atoms with E-state index in [1.165, 1.54) is 5.57 Å². The average Bonchev–Trinajstić information content (AvgIpc) is 2.75. The van der Waals surface area contributed by atoms with E-state index in [0.29, 0.717) is 30.1 Å². The van der Waals surface area contributed by atoms with Gasteiger partial charge in [-0.1, -0.05) is 60.1 Å². The Morgan fingerprint density at radius 1 is 0.941 bits per heavy atom. The highest BCUT2D eigenvalue weighted by Crippen LogP contribution is 2.75. The van der Waals surface area contributed by atoms with Gasteiger partial charge in [0.2, 0.25) is 0 Å². The Hall–Kier alpha value is -0.870. The summed E-state index contributed by atoms with van der Waals surface area (Å²) in [5.41, 5.74) is 0.574. The summed E-state index contributed by atoms with van der Waals surface area (Å²) in [4.78, 5) is 12.8. The molecule has 4 nitrogen and oxygen atoms in total. The van der Waals surface area contributed by atoms with Crippen LogP contribution in [0.15, 0.2) is 11.6 Å². The third-order valence-electron chi connectivity index (χ3n) is 13.4. The van der Waals surface area contributed by atoms with Crippen LogP contribution < -0.4 is 0 Å². The molecule has 5 aliphatic carbocycles. The molecule has 192 valence electrons. The minimum atomic E-state index is -0.679. The summed E-state index contributed by atoms with van der Waals surface area (Å²) in [6, 6.07) is 0. The number of carboxylic acid groups (broad SMARTS) is 1. The van der Waals surface area contributed by atoms with E-state index in [1.54, 1.807) is 0 Å². The van der Waals surface area contributed by atoms with E-state index in [9.17, 15) is 20.1 Å². The summed E-state index contributed by atoms with van der Waals surface area (Å²) in [5.74, 6) is 1.30. The number of aliphatic hydroxyl groups excluding tert-OH is 2. The van der Waals surface area contributed by atoms with Gasteiger partial charge in [0.15, 0.2) is 0 Å². The van der Waals surface area contributed by atoms with Crippen molar-refractivity contribution in [3.8, 4) is 0 Å². The Morgan fingerprint density at radius 2 is 1.62 bits per heavy atom. The van der Waals surface area contributed by atoms with Gasteiger partial charge in [-0.25, -0.2) is 0 Å². The molecule has 4 fully saturated rings. The van der Waals surface area contributed by atoms with Crippen molar-refractivity contribution in [3.63, 3.8) is 0 Å². The van der Waals surface area contributed by atoms with Crippen LogP contribution >= 0.6 is 0 Å². The number of rotatable bonds is 1. The van der Waals surface area contributed by atoms with Crippen molar-refractivity contribution in [2.45, 2.75) is 112 Å². The van der Waals surface area contributed by atoms with Crippen LogP contribution in [0.5, 0.6) is 0 Å². The zero-order valence-electron chi connectivity index (χ0n) is 22.5. The highest BCUT2D eigenvalue weighted by molar-refractivity contribution is 5.76. The standard InChI is InChI=1S/C30H48O4/c1-17-10-13-30(25(33)34)15-14-28(6)19(23(30)18(17)2)8-9-22-27(5)16-20(31)24(32)26(3,4)21(27)11-12-29(22,28)7/h8,17-18,20-24,31-32H,9-16H2,1-7H3,(H,33,34)/t17-,18+,20+,21-,22+,23+,24+,27-,28+,29-,30-/m1/s1. The molecular weight excluding hydrogens is 424 g/mol. The lowest BCUT2D eigenvalue weighted by Crippen LogP contribution is -2.67. The molecule has 0 aliphatic heterocycles. The molecule has 0 heterocycles. The minimum Gasteiger partial charge on any atom is -0.481 e. The first-order valence-corrected chi connectivity index (χ1v) is 14.0. The van der Waals surface area contributed by atoms with Crippen molar-refractivity contribution in [1.29, 1.82) is 0 Å². The van der Waals surface area contributed by atoms with Gasteiger partial charge in [0.25, 0.3) is 0 Å². The van der Waals surface area contributed by atoms with Crippen LogP contribution in [0.2, 0.25) is 0 Å². The summed E-state index contributed by atoms with van der Waals surface area (Å²) in [5, 5.41) is 32.4. The van der Waals surface area contributed by atoms with Crippen LogP contribution in [0.25, 0.3) is 0 Å². The van der Waals surface area contributed by atoms with Gasteiger partial charge >= 0.3 is 5.97 Å². The van der Waals surface area contributed by atoms with E-state index in [0.717, 1.165) is 44.9 Å². The van der Waals surface area contributed by atoms with Crippen molar-refractivity contribution in [2.24, 2.45) is 56.7 Å². The fraction of sp³-hybridized carbons (Fsp3) is 0.900. The lowest BCUT2D eigenvalue weighted by atomic mass is 9.33. The molecular formula is C30H48O4. The highest BCUT2D eigenvalue weighted by atomic mass is 16.4. The van der Waals surface area contributed by atoms with E-state index >= 15 is 0 Å². The van der Waals surface area contributed by atoms with E-state index in [4.69, 9.17) is 0 Å². The Morgan fingerprint density at radius 3 is 2.26 bits per heavy atom. The molecule has 0 amide bonds. The molecule has 0 saturated heterocycles. The predicted octanol–water partition coefficient (Wildman–Crippen LogP) is 6.06. The van der Waals surface area contributed by atoms with Gasteiger partial charge in [-0.3, -0.25) is 4.79 Å². The Labute approximate surface area is 206 Å². The molecule has 5 rings (SSSR count). The van der Waals surface area contributed by atoms with Crippen molar-refractivity contribution < 1.29 is 20.1 Å². The van der Waals surface area contributed by atoms with Crippen LogP contribution in [0, 0.1) is 56.7 Å². The monoisotopic (exact) mass is 472 g/mol. The quantitative estimate of drug-likeness (QED) is 0.405. The molecule has 0 aromatic carbocycles. The molecule has 0 bridgehead atoms. The Kier molecular flexibility index (Phi) is 5.36. The summed E-state index contributed by atoms with van der Waals surface area (Å²) in [6.45, 7) is 16.3. The predicted molar refractivity (Wildman–Crippen MR) is 134 cm³/mol. The van der Waals surface area contributed by atoms with E-state index in [1.807, 2.05) is 0 Å². The fourth-order valence-corrected chi connectivity index (χ4v) is 11.0. The fourth-order valence-electron chi connectivity index (χ4n) is 11.0. The molecule has 4 saturated carbocycles. The van der Waals surface area contributed by atoms with Crippen molar-refractivity contribution in [2.75, 3.05) is 0 Å². The average molecular weight is 473 g/mol. The van der Waals surface area contributed by atoms with E-state index < -0.39 is 23.6 Å². The first-order chi connectivity index (χ1) is 15.7. The lowest BCUT2D eigenvalue weighted by Gasteiger charge is -2.71. The molecule has 0 unspecified atom stereocenters. The normalized spacial score (nSPS) is 56.3. The van der Waals surface area contributed by atoms with Gasteiger partial charge in [-0.2, -0.15) is 0 Å². The summed E-state index contributed by atoms with van der Waals surface area (Å²) >= 11 is 0. The van der Waals surface area contributed by atoms with E-state index in [-0.39, 0.29) is 27.6 Å². The molecule has 0 aromatic heterocycles. The maximum Gasteiger partial charge on any atom is 0.310 e. The van der Waals surface area contributed by atoms with Crippen LogP contribution in [0.4, 0.5) is 0 Å². The second kappa shape index (κ2) is 7.34. The number of aliphatic hydroxyl groups is 2. The van der Waals surface area contributed by atoms with Crippen LogP contribution in [0.3, 0.4) is 0 Å². The maximum absolute atomic E-state index is 12.8. The number of aliphatic carboxylic acids is 1. The first-order valence-electron chi connectivity index (χ1n) is 14.0. The molecule has 4 heteroatoms. The van der Waals surface area contributed by atoms with Crippen LogP contribution in [0.1, 0.15) is 99.8 Å². The highest BCUT2D eigenvalue weighted by Gasteiger charge is 2.70. The summed E-state index contributed by atoms with van der Waals surface area (Å²) < 4.78 is 0. The first kappa shape index (κ1) is 24.8. The Balaban J connectivity index is 1.62. The number of carboxylic acids is 1. The van der Waals surface area contributed by atoms with Gasteiger partial charge < -0.3 is 15.3 Å². The third kappa shape index (κ3) is 2.76. The zero-order chi connectivity index (χ0) is 25.1. The maximum atomic E-state index is 12.8. The van der Waals surface area contributed by atoms with Crippen molar-refractivity contribution in [3.05, 3.63) is 11.6 Å². The topological polar surface area (TPSA) is 77.8 Å². The van der Waals surface area contributed by atoms with Gasteiger partial charge in [0.05, 0.1) is 17.6 Å². The lowest BCUT2D eigenvalue weighted by molar-refractivity contribution is -0.232. The largest absolute Gasteiger partial charge is 0.481 e. The number of hydrogen-bond donors (Lipinski definition) is 3. The SMILES string of the molecule is C[C@H]1[C@H](C)CC[C@@]2(C(=O)O)CC[C@@]3(C)C(=CC[C@H]4[C@]5(C)C[C@H](O)[C@H](O)C(C)(C)[C@H]5CC[C@]43C)[C@H]12. The number of fused-ring (bicyclic) bond motifs is 7. The molecule has 0 spiro atoms. The summed E-state index contributed by atoms with van der Waals surface area (Å²) in [6.07, 6.45) is 8.53. The zero-order valence-corrected chi connectivity index (χ0v) is 22.5. The number of allylic oxidation sites excluding steroid dienone is 2.